The Kier molecular flexibility index (Phi) is 7.14. The summed E-state index contributed by atoms with van der Waals surface area (Å²) >= 11 is 0. The maximum absolute atomic E-state index is 12.3. The van der Waals surface area contributed by atoms with Crippen LogP contribution in [0.3, 0.4) is 0 Å². The lowest BCUT2D eigenvalue weighted by Crippen LogP contribution is -2.42. The van der Waals surface area contributed by atoms with Gasteiger partial charge in [0.25, 0.3) is 0 Å². The molecule has 2 aliphatic rings. The third kappa shape index (κ3) is 5.17. The number of allylic oxidation sites excluding steroid dienone is 5. The zero-order valence-corrected chi connectivity index (χ0v) is 20.9. The summed E-state index contributed by atoms with van der Waals surface area (Å²) in [6, 6.07) is 12.3. The van der Waals surface area contributed by atoms with E-state index in [1.807, 2.05) is 52.0 Å². The minimum atomic E-state index is 0.131. The van der Waals surface area contributed by atoms with E-state index in [0.29, 0.717) is 37.7 Å². The van der Waals surface area contributed by atoms with Gasteiger partial charge < -0.3 is 26.7 Å². The Bertz CT molecular complexity index is 1390. The van der Waals surface area contributed by atoms with E-state index in [-0.39, 0.29) is 11.8 Å². The number of fused-ring (bicyclic) bond motifs is 1. The van der Waals surface area contributed by atoms with Gasteiger partial charge in [0.2, 0.25) is 5.91 Å². The topological polar surface area (TPSA) is 124 Å². The predicted molar refractivity (Wildman–Crippen MR) is 146 cm³/mol. The van der Waals surface area contributed by atoms with Gasteiger partial charge in [-0.25, -0.2) is 9.50 Å². The van der Waals surface area contributed by atoms with Crippen LogP contribution in [0.5, 0.6) is 0 Å². The van der Waals surface area contributed by atoms with Crippen LogP contribution < -0.4 is 16.4 Å². The zero-order chi connectivity index (χ0) is 25.8. The van der Waals surface area contributed by atoms with Crippen molar-refractivity contribution in [2.75, 3.05) is 32.4 Å². The van der Waals surface area contributed by atoms with Crippen LogP contribution >= 0.6 is 0 Å². The van der Waals surface area contributed by atoms with Crippen LogP contribution in [0, 0.1) is 5.41 Å². The van der Waals surface area contributed by atoms with E-state index in [1.54, 1.807) is 7.05 Å². The number of anilines is 1. The maximum Gasteiger partial charge on any atom is 0.236 e. The highest BCUT2D eigenvalue weighted by Gasteiger charge is 2.28. The van der Waals surface area contributed by atoms with Crippen molar-refractivity contribution < 1.29 is 4.79 Å². The molecule has 1 aliphatic carbocycles. The Morgan fingerprint density at radius 3 is 2.73 bits per heavy atom. The molecule has 0 unspecified atom stereocenters. The number of hydrogen-bond acceptors (Lipinski definition) is 7. The number of likely N-dealkylation sites (tertiary alicyclic amines) is 1. The van der Waals surface area contributed by atoms with Gasteiger partial charge in [-0.15, -0.1) is 0 Å². The summed E-state index contributed by atoms with van der Waals surface area (Å²) in [5.74, 6) is 0.787. The first kappa shape index (κ1) is 24.5. The highest BCUT2D eigenvalue weighted by molar-refractivity contribution is 6.16. The first-order valence-electron chi connectivity index (χ1n) is 12.6. The van der Waals surface area contributed by atoms with Crippen LogP contribution in [0.2, 0.25) is 0 Å². The van der Waals surface area contributed by atoms with Gasteiger partial charge in [0.15, 0.2) is 5.82 Å². The number of benzene rings is 1. The number of likely N-dealkylation sites (N-methyl/N-ethyl adjacent to an activating group) is 1. The number of nitrogen functional groups attached to an aromatic ring is 1. The fourth-order valence-electron chi connectivity index (χ4n) is 5.02. The normalized spacial score (nSPS) is 17.4. The van der Waals surface area contributed by atoms with Crippen molar-refractivity contribution in [3.05, 3.63) is 89.5 Å². The molecule has 1 fully saturated rings. The molecule has 5 rings (SSSR count). The second-order valence-corrected chi connectivity index (χ2v) is 9.39. The Balaban J connectivity index is 1.36. The minimum absolute atomic E-state index is 0.131. The molecule has 190 valence electrons. The Labute approximate surface area is 216 Å². The number of nitrogens with two attached hydrogens (primary N) is 1. The fraction of sp³-hybridized carbons (Fsp3) is 0.286. The quantitative estimate of drug-likeness (QED) is 0.399. The van der Waals surface area contributed by atoms with Gasteiger partial charge in [0, 0.05) is 48.6 Å². The van der Waals surface area contributed by atoms with E-state index in [4.69, 9.17) is 11.1 Å². The molecule has 0 saturated carbocycles. The molecule has 1 saturated heterocycles. The second kappa shape index (κ2) is 10.8. The summed E-state index contributed by atoms with van der Waals surface area (Å²) in [6.07, 6.45) is 10.9. The van der Waals surface area contributed by atoms with Crippen molar-refractivity contribution in [2.45, 2.75) is 25.3 Å². The van der Waals surface area contributed by atoms with E-state index >= 15 is 0 Å². The standard InChI is InChI=1S/C28H32N8O/c1-31-17-26(37)35-11-9-20(10-12-35)25-14-23(27-28(30)33-18-34-36(25)27)21-7-8-22(24(29)13-21)16-32-15-19-5-3-2-4-6-19/h2-8,13-14,16,18,20,29,31-32H,9-12,15,17H2,1H3,(H2,30,33,34)/b22-16-,29-24?. The first-order chi connectivity index (χ1) is 18.0. The molecule has 0 atom stereocenters. The van der Waals surface area contributed by atoms with Crippen LogP contribution in [-0.2, 0) is 11.3 Å². The van der Waals surface area contributed by atoms with Gasteiger partial charge in [-0.1, -0.05) is 42.5 Å². The molecule has 1 aliphatic heterocycles. The van der Waals surface area contributed by atoms with Crippen molar-refractivity contribution in [1.82, 2.24) is 30.1 Å². The molecule has 5 N–H and O–H groups in total. The fourth-order valence-corrected chi connectivity index (χ4v) is 5.02. The Morgan fingerprint density at radius 1 is 1.22 bits per heavy atom. The van der Waals surface area contributed by atoms with Gasteiger partial charge >= 0.3 is 0 Å². The zero-order valence-electron chi connectivity index (χ0n) is 20.9. The maximum atomic E-state index is 12.3. The smallest absolute Gasteiger partial charge is 0.236 e. The van der Waals surface area contributed by atoms with Crippen molar-refractivity contribution in [2.24, 2.45) is 0 Å². The van der Waals surface area contributed by atoms with E-state index in [0.717, 1.165) is 40.8 Å². The molecule has 1 amide bonds. The third-order valence-electron chi connectivity index (χ3n) is 6.98. The van der Waals surface area contributed by atoms with Gasteiger partial charge in [0.1, 0.15) is 11.8 Å². The molecule has 37 heavy (non-hydrogen) atoms. The van der Waals surface area contributed by atoms with Crippen LogP contribution in [0.4, 0.5) is 5.82 Å². The van der Waals surface area contributed by atoms with Crippen LogP contribution in [0.15, 0.2) is 72.7 Å². The van der Waals surface area contributed by atoms with E-state index < -0.39 is 0 Å². The van der Waals surface area contributed by atoms with Crippen molar-refractivity contribution >= 4 is 28.5 Å². The van der Waals surface area contributed by atoms with Gasteiger partial charge in [-0.3, -0.25) is 4.79 Å². The molecule has 2 aromatic heterocycles. The number of nitrogens with zero attached hydrogens (tertiary/aromatic N) is 4. The number of aromatic nitrogens is 3. The molecule has 9 nitrogen and oxygen atoms in total. The lowest BCUT2D eigenvalue weighted by molar-refractivity contribution is -0.131. The molecule has 0 radical (unpaired) electrons. The summed E-state index contributed by atoms with van der Waals surface area (Å²) in [6.45, 7) is 2.48. The van der Waals surface area contributed by atoms with E-state index in [1.165, 1.54) is 11.9 Å². The summed E-state index contributed by atoms with van der Waals surface area (Å²) in [4.78, 5) is 18.4. The van der Waals surface area contributed by atoms with Crippen LogP contribution in [0.1, 0.15) is 35.6 Å². The minimum Gasteiger partial charge on any atom is -0.386 e. The van der Waals surface area contributed by atoms with Crippen LogP contribution in [0.25, 0.3) is 11.1 Å². The van der Waals surface area contributed by atoms with Gasteiger partial charge in [0.05, 0.1) is 12.3 Å². The number of piperidine rings is 1. The summed E-state index contributed by atoms with van der Waals surface area (Å²) in [5, 5.41) is 19.4. The first-order valence-corrected chi connectivity index (χ1v) is 12.6. The molecule has 3 heterocycles. The average molecular weight is 497 g/mol. The van der Waals surface area contributed by atoms with Crippen molar-refractivity contribution in [3.8, 4) is 0 Å². The predicted octanol–water partition coefficient (Wildman–Crippen LogP) is 2.88. The van der Waals surface area contributed by atoms with Crippen molar-refractivity contribution in [1.29, 1.82) is 5.41 Å². The van der Waals surface area contributed by atoms with Gasteiger partial charge in [-0.2, -0.15) is 5.10 Å². The molecule has 0 spiro atoms. The molecule has 3 aromatic rings. The molecular weight excluding hydrogens is 464 g/mol. The van der Waals surface area contributed by atoms with E-state index in [2.05, 4.69) is 38.9 Å². The average Bonchev–Trinajstić information content (AvgIpc) is 3.31. The lowest BCUT2D eigenvalue weighted by Gasteiger charge is -2.31. The van der Waals surface area contributed by atoms with Crippen LogP contribution in [-0.4, -0.2) is 57.8 Å². The number of carbonyl (C=O) groups excluding carboxylic acids is 1. The number of nitrogens with one attached hydrogen (secondary N) is 3. The highest BCUT2D eigenvalue weighted by atomic mass is 16.2. The van der Waals surface area contributed by atoms with Crippen molar-refractivity contribution in [3.63, 3.8) is 0 Å². The molecular formula is C28H32N8O. The number of hydrogen-bond donors (Lipinski definition) is 4. The number of carbonyl (C=O) groups is 1. The summed E-state index contributed by atoms with van der Waals surface area (Å²) in [7, 11) is 1.79. The number of rotatable bonds is 7. The van der Waals surface area contributed by atoms with E-state index in [9.17, 15) is 4.79 Å². The molecule has 9 heteroatoms. The second-order valence-electron chi connectivity index (χ2n) is 9.39. The Hall–Kier alpha value is -4.24. The highest BCUT2D eigenvalue weighted by Crippen LogP contribution is 2.36. The summed E-state index contributed by atoms with van der Waals surface area (Å²) in [5.41, 5.74) is 12.4. The monoisotopic (exact) mass is 496 g/mol. The SMILES string of the molecule is CNCC(=O)N1CCC(c2cc(C3=CC(=N)/C(=C\NCc4ccccc4)C=C3)c3c(N)ncnn23)CC1. The Morgan fingerprint density at radius 2 is 2.00 bits per heavy atom. The largest absolute Gasteiger partial charge is 0.386 e. The molecule has 0 bridgehead atoms. The van der Waals surface area contributed by atoms with Gasteiger partial charge in [-0.05, 0) is 43.2 Å². The third-order valence-corrected chi connectivity index (χ3v) is 6.98. The lowest BCUT2D eigenvalue weighted by atomic mass is 9.92. The summed E-state index contributed by atoms with van der Waals surface area (Å²) < 4.78 is 1.89. The number of amides is 1. The molecule has 1 aromatic carbocycles.